The van der Waals surface area contributed by atoms with E-state index in [9.17, 15) is 4.79 Å². The second-order valence-corrected chi connectivity index (χ2v) is 12.2. The van der Waals surface area contributed by atoms with Gasteiger partial charge in [-0.05, 0) is 19.3 Å². The minimum Gasteiger partial charge on any atom is -0.179 e. The minimum atomic E-state index is -0.826. The zero-order valence-corrected chi connectivity index (χ0v) is 24.3. The maximum Gasteiger partial charge on any atom is -0.0253 e. The van der Waals surface area contributed by atoms with Gasteiger partial charge in [-0.25, -0.2) is 0 Å². The predicted octanol–water partition coefficient (Wildman–Crippen LogP) is 8.66. The molecule has 1 aliphatic carbocycles. The Morgan fingerprint density at radius 1 is 1.00 bits per heavy atom. The second-order valence-electron chi connectivity index (χ2n) is 7.34. The molecule has 169 valence electrons. The van der Waals surface area contributed by atoms with Gasteiger partial charge in [-0.15, -0.1) is 5.56 Å². The van der Waals surface area contributed by atoms with Gasteiger partial charge >= 0.3 is 37.9 Å². The summed E-state index contributed by atoms with van der Waals surface area (Å²) in [6, 6.07) is 18.1. The molecule has 0 fully saturated rings. The molecule has 1 amide bonds. The van der Waals surface area contributed by atoms with E-state index in [4.69, 9.17) is 22.8 Å². The van der Waals surface area contributed by atoms with Gasteiger partial charge in [0, 0.05) is 15.4 Å². The van der Waals surface area contributed by atoms with Gasteiger partial charge in [0.25, 0.3) is 0 Å². The third kappa shape index (κ3) is 15.1. The first-order valence-electron chi connectivity index (χ1n) is 11.1. The van der Waals surface area contributed by atoms with Gasteiger partial charge < -0.3 is 10.5 Å². The molecule has 0 unspecified atom stereocenters. The molecule has 31 heavy (non-hydrogen) atoms. The van der Waals surface area contributed by atoms with E-state index in [1.165, 1.54) is 54.4 Å². The van der Waals surface area contributed by atoms with Crippen molar-refractivity contribution in [3.8, 4) is 11.1 Å². The molecule has 2 nitrogen and oxygen atoms in total. The van der Waals surface area contributed by atoms with Crippen LogP contribution in [0.4, 0.5) is 0 Å². The monoisotopic (exact) mass is 554 g/mol. The first kappa shape index (κ1) is 30.6. The number of carbonyl (C=O) groups excluding carboxylic acids is 1. The van der Waals surface area contributed by atoms with Crippen molar-refractivity contribution in [1.29, 1.82) is 0 Å². The molecule has 0 bridgehead atoms. The summed E-state index contributed by atoms with van der Waals surface area (Å²) in [4.78, 5) is 10.2. The van der Waals surface area contributed by atoms with Crippen molar-refractivity contribution in [3.05, 3.63) is 65.4 Å². The van der Waals surface area contributed by atoms with Crippen LogP contribution in [0.25, 0.3) is 16.9 Å². The molecule has 1 N–H and O–H groups in total. The Morgan fingerprint density at radius 3 is 2.16 bits per heavy atom. The smallest absolute Gasteiger partial charge is 0.0253 e. The van der Waals surface area contributed by atoms with Gasteiger partial charge in [-0.1, -0.05) is 93.9 Å². The van der Waals surface area contributed by atoms with Gasteiger partial charge in [0.15, 0.2) is 0 Å². The number of halogens is 2. The number of benzene rings is 2. The zero-order valence-electron chi connectivity index (χ0n) is 19.1. The van der Waals surface area contributed by atoms with Crippen LogP contribution in [0.15, 0.2) is 42.5 Å². The van der Waals surface area contributed by atoms with E-state index >= 15 is 0 Å². The van der Waals surface area contributed by atoms with Gasteiger partial charge in [-0.2, -0.15) is 29.8 Å². The Kier molecular flexibility index (Phi) is 21.2. The Balaban J connectivity index is 0.000000467. The molecule has 0 aromatic heterocycles. The summed E-state index contributed by atoms with van der Waals surface area (Å²) in [6.45, 7) is 6.62. The summed E-state index contributed by atoms with van der Waals surface area (Å²) in [7, 11) is 10.6. The molecule has 0 spiro atoms. The van der Waals surface area contributed by atoms with Crippen molar-refractivity contribution in [2.24, 2.45) is 0 Å². The number of unbranched alkanes of at least 4 members (excludes halogenated alkanes) is 6. The van der Waals surface area contributed by atoms with Crippen LogP contribution >= 0.6 is 17.0 Å². The van der Waals surface area contributed by atoms with Crippen LogP contribution in [0.5, 0.6) is 0 Å². The molecule has 2 aromatic carbocycles. The van der Waals surface area contributed by atoms with Crippen LogP contribution in [0.1, 0.15) is 69.4 Å². The molecule has 0 saturated carbocycles. The standard InChI is InChI=1S/C13H9.C10H21NO.C2H7Si.2ClH.Zr/c1-3-7-12-10(5-1)9-11-6-2-4-8-13(11)12;1-2-3-4-5-6-7-8-9-10(11)12;1-3-2;;;/h1-5,7-8H,9H2;2-9H2,1H3,(H2,11,12);3H,1-2H3;2*1H;/q-1;;;;;+4/p-3. The molecule has 1 radical (unpaired) electrons. The summed E-state index contributed by atoms with van der Waals surface area (Å²) < 4.78 is 0. The van der Waals surface area contributed by atoms with E-state index in [0.29, 0.717) is 6.42 Å². The van der Waals surface area contributed by atoms with Crippen molar-refractivity contribution in [2.75, 3.05) is 0 Å². The van der Waals surface area contributed by atoms with E-state index in [1.807, 2.05) is 6.07 Å². The maximum absolute atomic E-state index is 10.2. The zero-order chi connectivity index (χ0) is 23.3. The van der Waals surface area contributed by atoms with E-state index in [1.54, 1.807) is 0 Å². The fraction of sp³-hybridized carbons (Fsp3) is 0.480. The molecule has 0 aliphatic heterocycles. The van der Waals surface area contributed by atoms with Crippen LogP contribution < -0.4 is 0 Å². The van der Waals surface area contributed by atoms with Gasteiger partial charge in [0.2, 0.25) is 0 Å². The predicted molar refractivity (Wildman–Crippen MR) is 136 cm³/mol. The normalized spacial score (nSPS) is 9.97. The Bertz CT molecular complexity index is 670. The van der Waals surface area contributed by atoms with Crippen molar-refractivity contribution in [2.45, 2.75) is 77.8 Å². The van der Waals surface area contributed by atoms with Gasteiger partial charge in [0.1, 0.15) is 0 Å². The molecular formula is C25H36Cl2NOSiZr. The molecule has 1 aliphatic rings. The van der Waals surface area contributed by atoms with Crippen LogP contribution in [0.3, 0.4) is 0 Å². The van der Waals surface area contributed by atoms with Gasteiger partial charge in [0.05, 0.1) is 0 Å². The largest absolute Gasteiger partial charge is 0.179 e. The SMILES string of the molecule is CCCCCCCCCC([NH-])=O.C[SiH]C.[Cl][Zr+2][Cl].[c-]1cccc2c1Cc1ccccc1-2. The Labute approximate surface area is 211 Å². The number of hydrogen-bond acceptors (Lipinski definition) is 1. The van der Waals surface area contributed by atoms with Crippen molar-refractivity contribution < 1.29 is 25.6 Å². The summed E-state index contributed by atoms with van der Waals surface area (Å²) in [6.07, 6.45) is 9.99. The maximum atomic E-state index is 10.2. The number of carbonyl (C=O) groups is 1. The average Bonchev–Trinajstić information content (AvgIpc) is 3.13. The summed E-state index contributed by atoms with van der Waals surface area (Å²) >= 11 is -0.826. The molecule has 3 rings (SSSR count). The Morgan fingerprint density at radius 2 is 1.55 bits per heavy atom. The first-order chi connectivity index (χ1) is 15.0. The Hall–Kier alpha value is -0.410. The number of fused-ring (bicyclic) bond motifs is 3. The quantitative estimate of drug-likeness (QED) is 0.155. The molecule has 2 aromatic rings. The van der Waals surface area contributed by atoms with E-state index < -0.39 is 26.8 Å². The van der Waals surface area contributed by atoms with Crippen LogP contribution in [0.2, 0.25) is 13.1 Å². The third-order valence-corrected chi connectivity index (χ3v) is 4.62. The van der Waals surface area contributed by atoms with Crippen molar-refractivity contribution in [3.63, 3.8) is 0 Å². The van der Waals surface area contributed by atoms with E-state index in [-0.39, 0.29) is 0 Å². The van der Waals surface area contributed by atoms with Gasteiger partial charge in [-0.3, -0.25) is 0 Å². The number of rotatable bonds is 8. The number of amides is 1. The number of hydrogen-bond donors (Lipinski definition) is 0. The topological polar surface area (TPSA) is 40.9 Å². The first-order valence-corrected chi connectivity index (χ1v) is 19.7. The minimum absolute atomic E-state index is 0.413. The summed E-state index contributed by atoms with van der Waals surface area (Å²) in [5.74, 6) is -0.413. The molecule has 0 heterocycles. The van der Waals surface area contributed by atoms with E-state index in [0.717, 1.165) is 28.8 Å². The van der Waals surface area contributed by atoms with E-state index in [2.05, 4.69) is 62.5 Å². The molecule has 0 atom stereocenters. The van der Waals surface area contributed by atoms with Crippen LogP contribution in [0, 0.1) is 6.07 Å². The van der Waals surface area contributed by atoms with Crippen molar-refractivity contribution >= 4 is 32.5 Å². The second kappa shape index (κ2) is 21.4. The summed E-state index contributed by atoms with van der Waals surface area (Å²) in [5.41, 5.74) is 12.2. The van der Waals surface area contributed by atoms with Crippen molar-refractivity contribution in [1.82, 2.24) is 0 Å². The summed E-state index contributed by atoms with van der Waals surface area (Å²) in [5, 5.41) is 0. The molecule has 0 saturated heterocycles. The molecular weight excluding hydrogens is 520 g/mol. The average molecular weight is 557 g/mol. The van der Waals surface area contributed by atoms with Crippen LogP contribution in [-0.2, 0) is 32.1 Å². The fourth-order valence-electron chi connectivity index (χ4n) is 3.24. The van der Waals surface area contributed by atoms with Crippen LogP contribution in [-0.4, -0.2) is 15.4 Å². The third-order valence-electron chi connectivity index (χ3n) is 4.62. The molecule has 6 heteroatoms. The fourth-order valence-corrected chi connectivity index (χ4v) is 3.24. The number of nitrogens with one attached hydrogen (secondary N) is 1.